The maximum absolute atomic E-state index is 5.91. The third kappa shape index (κ3) is 6.49. The van der Waals surface area contributed by atoms with Gasteiger partial charge in [-0.05, 0) is 16.6 Å². The summed E-state index contributed by atoms with van der Waals surface area (Å²) in [5, 5.41) is 0. The Balaban J connectivity index is 2.85. The summed E-state index contributed by atoms with van der Waals surface area (Å²) in [5.41, 5.74) is 5.58. The highest BCUT2D eigenvalue weighted by atomic mass is 28.3. The van der Waals surface area contributed by atoms with Crippen LogP contribution in [-0.2, 0) is 18.9 Å². The predicted octanol–water partition coefficient (Wildman–Crippen LogP) is 3.66. The molecule has 1 heterocycles. The lowest BCUT2D eigenvalue weighted by molar-refractivity contribution is -0.0501. The van der Waals surface area contributed by atoms with Gasteiger partial charge in [0.2, 0.25) is 0 Å². The van der Waals surface area contributed by atoms with Crippen LogP contribution >= 0.6 is 0 Å². The highest BCUT2D eigenvalue weighted by molar-refractivity contribution is 6.90. The van der Waals surface area contributed by atoms with Gasteiger partial charge in [-0.15, -0.1) is 5.54 Å². The molecule has 0 saturated carbocycles. The number of rotatable bonds is 3. The highest BCUT2D eigenvalue weighted by Gasteiger charge is 2.41. The first-order valence-electron chi connectivity index (χ1n) is 9.28. The maximum atomic E-state index is 5.91. The minimum absolute atomic E-state index is 0.184. The van der Waals surface area contributed by atoms with Gasteiger partial charge in [0.1, 0.15) is 14.2 Å². The van der Waals surface area contributed by atoms with Gasteiger partial charge in [-0.2, -0.15) is 0 Å². The van der Waals surface area contributed by atoms with E-state index in [1.807, 2.05) is 0 Å². The van der Waals surface area contributed by atoms with E-state index < -0.39 is 8.07 Å². The monoisotopic (exact) mass is 356 g/mol. The van der Waals surface area contributed by atoms with Gasteiger partial charge in [-0.1, -0.05) is 47.5 Å². The third-order valence-electron chi connectivity index (χ3n) is 4.88. The van der Waals surface area contributed by atoms with E-state index in [-0.39, 0.29) is 6.10 Å². The van der Waals surface area contributed by atoms with Crippen molar-refractivity contribution in [2.24, 2.45) is 0 Å². The molecule has 24 heavy (non-hydrogen) atoms. The molecule has 0 N–H and O–H groups in total. The summed E-state index contributed by atoms with van der Waals surface area (Å²) < 4.78 is 22.5. The topological polar surface area (TPSA) is 36.9 Å². The molecule has 1 unspecified atom stereocenters. The van der Waals surface area contributed by atoms with Crippen LogP contribution in [0.3, 0.4) is 0 Å². The lowest BCUT2D eigenvalue weighted by Crippen LogP contribution is -2.43. The molecule has 0 spiro atoms. The normalized spacial score (nSPS) is 22.0. The molecule has 0 aromatic rings. The van der Waals surface area contributed by atoms with E-state index in [4.69, 9.17) is 18.9 Å². The van der Waals surface area contributed by atoms with Crippen LogP contribution in [0.25, 0.3) is 0 Å². The van der Waals surface area contributed by atoms with Crippen molar-refractivity contribution in [1.82, 2.24) is 0 Å². The maximum Gasteiger partial charge on any atom is 0.146 e. The molecule has 1 aliphatic heterocycles. The van der Waals surface area contributed by atoms with Gasteiger partial charge in [0, 0.05) is 0 Å². The first-order chi connectivity index (χ1) is 11.4. The number of hydrogen-bond acceptors (Lipinski definition) is 4. The first-order valence-corrected chi connectivity index (χ1v) is 11.5. The van der Waals surface area contributed by atoms with E-state index in [1.165, 1.54) is 0 Å². The van der Waals surface area contributed by atoms with Crippen molar-refractivity contribution in [2.45, 2.75) is 64.3 Å². The average molecular weight is 357 g/mol. The zero-order valence-electron chi connectivity index (χ0n) is 16.4. The largest absolute Gasteiger partial charge is 0.377 e. The van der Waals surface area contributed by atoms with Crippen molar-refractivity contribution in [2.75, 3.05) is 46.2 Å². The summed E-state index contributed by atoms with van der Waals surface area (Å²) in [7, 11) is -1.73. The molecule has 4 nitrogen and oxygen atoms in total. The summed E-state index contributed by atoms with van der Waals surface area (Å²) in [4.78, 5) is 0. The zero-order valence-corrected chi connectivity index (χ0v) is 17.4. The predicted molar refractivity (Wildman–Crippen MR) is 101 cm³/mol. The van der Waals surface area contributed by atoms with Crippen molar-refractivity contribution in [3.63, 3.8) is 0 Å². The van der Waals surface area contributed by atoms with E-state index in [9.17, 15) is 0 Å². The van der Waals surface area contributed by atoms with Crippen LogP contribution in [0, 0.1) is 11.5 Å². The van der Waals surface area contributed by atoms with Crippen molar-refractivity contribution in [1.29, 1.82) is 0 Å². The van der Waals surface area contributed by atoms with E-state index in [0.29, 0.717) is 62.9 Å². The Morgan fingerprint density at radius 3 is 1.67 bits per heavy atom. The van der Waals surface area contributed by atoms with E-state index in [1.54, 1.807) is 0 Å². The van der Waals surface area contributed by atoms with Crippen LogP contribution in [0.5, 0.6) is 0 Å². The molecule has 5 heteroatoms. The summed E-state index contributed by atoms with van der Waals surface area (Å²) >= 11 is 0. The number of ether oxygens (including phenoxy) is 4. The molecule has 1 fully saturated rings. The Labute approximate surface area is 149 Å². The fraction of sp³-hybridized carbons (Fsp3) is 0.895. The second-order valence-electron chi connectivity index (χ2n) is 7.33. The summed E-state index contributed by atoms with van der Waals surface area (Å²) in [6.07, 6.45) is -0.184. The molecule has 0 amide bonds. The van der Waals surface area contributed by atoms with Crippen LogP contribution in [0.15, 0.2) is 0 Å². The second kappa shape index (κ2) is 11.3. The van der Waals surface area contributed by atoms with Gasteiger partial charge in [-0.3, -0.25) is 0 Å². The fourth-order valence-corrected chi connectivity index (χ4v) is 8.93. The van der Waals surface area contributed by atoms with E-state index in [0.717, 1.165) is 0 Å². The van der Waals surface area contributed by atoms with Gasteiger partial charge in [0.25, 0.3) is 0 Å². The molecule has 1 atom stereocenters. The van der Waals surface area contributed by atoms with Gasteiger partial charge in [-0.25, -0.2) is 0 Å². The Bertz CT molecular complexity index is 364. The summed E-state index contributed by atoms with van der Waals surface area (Å²) in [5.74, 6) is 3.43. The minimum atomic E-state index is -1.73. The van der Waals surface area contributed by atoms with Gasteiger partial charge in [0.05, 0.1) is 46.2 Å². The quantitative estimate of drug-likeness (QED) is 0.571. The third-order valence-corrected chi connectivity index (χ3v) is 11.2. The lowest BCUT2D eigenvalue weighted by Gasteiger charge is -2.38. The smallest absolute Gasteiger partial charge is 0.146 e. The van der Waals surface area contributed by atoms with Crippen molar-refractivity contribution >= 4 is 8.07 Å². The summed E-state index contributed by atoms with van der Waals surface area (Å²) in [6.45, 7) is 17.9. The summed E-state index contributed by atoms with van der Waals surface area (Å²) in [6, 6.07) is 0. The van der Waals surface area contributed by atoms with E-state index >= 15 is 0 Å². The standard InChI is InChI=1S/C19H36O4Si/c1-16(2)24(17(3)4,18(5)6)14-7-19-15-22-11-10-20-8-9-21-12-13-23-19/h16-19H,8-13,15H2,1-6H3. The van der Waals surface area contributed by atoms with Crippen molar-refractivity contribution in [3.8, 4) is 11.5 Å². The van der Waals surface area contributed by atoms with Crippen molar-refractivity contribution in [3.05, 3.63) is 0 Å². The van der Waals surface area contributed by atoms with Gasteiger partial charge >= 0.3 is 0 Å². The zero-order chi connectivity index (χ0) is 18.0. The van der Waals surface area contributed by atoms with Crippen LogP contribution in [0.1, 0.15) is 41.5 Å². The Hall–Kier alpha value is -0.383. The molecular formula is C19H36O4Si. The molecule has 1 aliphatic rings. The highest BCUT2D eigenvalue weighted by Crippen LogP contribution is 2.40. The second-order valence-corrected chi connectivity index (χ2v) is 12.9. The molecular weight excluding hydrogens is 320 g/mol. The fourth-order valence-electron chi connectivity index (χ4n) is 3.65. The van der Waals surface area contributed by atoms with Crippen LogP contribution in [-0.4, -0.2) is 60.4 Å². The van der Waals surface area contributed by atoms with E-state index in [2.05, 4.69) is 53.0 Å². The molecule has 140 valence electrons. The van der Waals surface area contributed by atoms with Crippen molar-refractivity contribution < 1.29 is 18.9 Å². The minimum Gasteiger partial charge on any atom is -0.377 e. The average Bonchev–Trinajstić information content (AvgIpc) is 2.48. The Morgan fingerprint density at radius 1 is 0.708 bits per heavy atom. The van der Waals surface area contributed by atoms with Crippen LogP contribution < -0.4 is 0 Å². The van der Waals surface area contributed by atoms with Gasteiger partial charge < -0.3 is 18.9 Å². The molecule has 0 bridgehead atoms. The molecule has 0 radical (unpaired) electrons. The van der Waals surface area contributed by atoms with Crippen LogP contribution in [0.4, 0.5) is 0 Å². The SMILES string of the molecule is CC(C)[Si](C#CC1COCCOCCOCCO1)(C(C)C)C(C)C. The molecule has 1 rings (SSSR count). The Morgan fingerprint density at radius 2 is 1.17 bits per heavy atom. The first kappa shape index (κ1) is 21.7. The number of hydrogen-bond donors (Lipinski definition) is 0. The van der Waals surface area contributed by atoms with Gasteiger partial charge in [0.15, 0.2) is 0 Å². The molecule has 0 aromatic heterocycles. The van der Waals surface area contributed by atoms with Crippen LogP contribution in [0.2, 0.25) is 16.6 Å². The Kier molecular flexibility index (Phi) is 10.2. The molecule has 0 aromatic carbocycles. The molecule has 0 aliphatic carbocycles. The lowest BCUT2D eigenvalue weighted by atomic mass is 10.4. The molecule has 1 saturated heterocycles.